The summed E-state index contributed by atoms with van der Waals surface area (Å²) in [5, 5.41) is 10.6. The van der Waals surface area contributed by atoms with E-state index < -0.39 is 10.9 Å². The minimum Gasteiger partial charge on any atom is -0.465 e. The molecule has 0 saturated heterocycles. The van der Waals surface area contributed by atoms with Gasteiger partial charge >= 0.3 is 5.97 Å². The Morgan fingerprint density at radius 3 is 2.60 bits per heavy atom. The first-order valence-electron chi connectivity index (χ1n) is 5.83. The smallest absolute Gasteiger partial charge is 0.313 e. The second-order valence-electron chi connectivity index (χ2n) is 4.08. The van der Waals surface area contributed by atoms with Crippen LogP contribution in [0.4, 0.5) is 5.69 Å². The molecule has 0 aromatic heterocycles. The lowest BCUT2D eigenvalue weighted by molar-refractivity contribution is -0.384. The fraction of sp³-hybridized carbons (Fsp3) is 0.308. The summed E-state index contributed by atoms with van der Waals surface area (Å²) in [5.41, 5.74) is 0.00578. The van der Waals surface area contributed by atoms with Gasteiger partial charge in [-0.1, -0.05) is 12.1 Å². The van der Waals surface area contributed by atoms with Crippen LogP contribution in [0.5, 0.6) is 0 Å². The number of Topliss-reactive ketones (excluding diaryl/α,β-unsaturated/α-hetero) is 2. The normalized spacial score (nSPS) is 9.85. The molecule has 1 rings (SSSR count). The van der Waals surface area contributed by atoms with Crippen molar-refractivity contribution in [3.8, 4) is 0 Å². The molecule has 1 aromatic rings. The average molecular weight is 279 g/mol. The number of carbonyl (C=O) groups is 3. The molecule has 0 bridgehead atoms. The third-order valence-electron chi connectivity index (χ3n) is 2.36. The lowest BCUT2D eigenvalue weighted by Gasteiger charge is -2.03. The highest BCUT2D eigenvalue weighted by Crippen LogP contribution is 2.14. The predicted octanol–water partition coefficient (Wildman–Crippen LogP) is 1.69. The number of hydrogen-bond donors (Lipinski definition) is 0. The molecular weight excluding hydrogens is 266 g/mol. The number of non-ortho nitro benzene ring substituents is 1. The molecule has 0 saturated carbocycles. The molecule has 0 aliphatic rings. The number of nitrogens with zero attached hydrogens (tertiary/aromatic N) is 1. The molecule has 0 amide bonds. The molecular formula is C13H13NO6. The summed E-state index contributed by atoms with van der Waals surface area (Å²) in [5.74, 6) is -1.38. The minimum absolute atomic E-state index is 0.0924. The molecule has 0 aliphatic carbocycles. The van der Waals surface area contributed by atoms with Crippen LogP contribution in [0.25, 0.3) is 0 Å². The second kappa shape index (κ2) is 7.13. The SMILES string of the molecule is CC(=O)CC(=O)OCCC(=O)c1cccc([N+](=O)[O-])c1. The van der Waals surface area contributed by atoms with Crippen LogP contribution in [-0.2, 0) is 14.3 Å². The number of esters is 1. The Hall–Kier alpha value is -2.57. The van der Waals surface area contributed by atoms with Gasteiger partial charge < -0.3 is 4.74 Å². The van der Waals surface area contributed by atoms with E-state index >= 15 is 0 Å². The Balaban J connectivity index is 2.51. The summed E-state index contributed by atoms with van der Waals surface area (Å²) < 4.78 is 4.71. The lowest BCUT2D eigenvalue weighted by atomic mass is 10.1. The second-order valence-corrected chi connectivity index (χ2v) is 4.08. The quantitative estimate of drug-likeness (QED) is 0.247. The van der Waals surface area contributed by atoms with E-state index in [4.69, 9.17) is 4.74 Å². The number of benzene rings is 1. The van der Waals surface area contributed by atoms with Crippen molar-refractivity contribution < 1.29 is 24.0 Å². The van der Waals surface area contributed by atoms with Crippen molar-refractivity contribution in [1.29, 1.82) is 0 Å². The number of nitro groups is 1. The highest BCUT2D eigenvalue weighted by atomic mass is 16.6. The Morgan fingerprint density at radius 1 is 1.30 bits per heavy atom. The highest BCUT2D eigenvalue weighted by Gasteiger charge is 2.12. The van der Waals surface area contributed by atoms with Crippen molar-refractivity contribution in [3.05, 3.63) is 39.9 Å². The van der Waals surface area contributed by atoms with Crippen molar-refractivity contribution in [3.63, 3.8) is 0 Å². The zero-order chi connectivity index (χ0) is 15.1. The topological polar surface area (TPSA) is 104 Å². The van der Waals surface area contributed by atoms with Crippen molar-refractivity contribution >= 4 is 23.2 Å². The third kappa shape index (κ3) is 4.97. The van der Waals surface area contributed by atoms with Crippen LogP contribution in [0, 0.1) is 10.1 Å². The fourth-order valence-electron chi connectivity index (χ4n) is 1.45. The molecule has 20 heavy (non-hydrogen) atoms. The van der Waals surface area contributed by atoms with E-state index in [-0.39, 0.29) is 42.3 Å². The van der Waals surface area contributed by atoms with Crippen molar-refractivity contribution in [2.24, 2.45) is 0 Å². The third-order valence-corrected chi connectivity index (χ3v) is 2.36. The van der Waals surface area contributed by atoms with Gasteiger partial charge in [0.1, 0.15) is 12.2 Å². The molecule has 0 radical (unpaired) electrons. The fourth-order valence-corrected chi connectivity index (χ4v) is 1.45. The summed E-state index contributed by atoms with van der Waals surface area (Å²) in [6.45, 7) is 1.10. The summed E-state index contributed by atoms with van der Waals surface area (Å²) in [4.78, 5) is 43.4. The van der Waals surface area contributed by atoms with E-state index in [0.29, 0.717) is 0 Å². The number of ketones is 2. The molecule has 0 unspecified atom stereocenters. The van der Waals surface area contributed by atoms with Crippen LogP contribution in [0.2, 0.25) is 0 Å². The van der Waals surface area contributed by atoms with E-state index in [2.05, 4.69) is 0 Å². The van der Waals surface area contributed by atoms with Gasteiger partial charge in [-0.05, 0) is 6.92 Å². The van der Waals surface area contributed by atoms with Crippen LogP contribution >= 0.6 is 0 Å². The maximum absolute atomic E-state index is 11.7. The van der Waals surface area contributed by atoms with Gasteiger partial charge in [-0.2, -0.15) is 0 Å². The summed E-state index contributed by atoms with van der Waals surface area (Å²) in [7, 11) is 0. The first-order chi connectivity index (χ1) is 9.40. The first kappa shape index (κ1) is 15.5. The Kier molecular flexibility index (Phi) is 5.52. The summed E-state index contributed by atoms with van der Waals surface area (Å²) in [6.07, 6.45) is -0.421. The maximum Gasteiger partial charge on any atom is 0.313 e. The lowest BCUT2D eigenvalue weighted by Crippen LogP contribution is -2.12. The molecule has 0 heterocycles. The van der Waals surface area contributed by atoms with E-state index in [1.54, 1.807) is 0 Å². The van der Waals surface area contributed by atoms with Gasteiger partial charge in [0.15, 0.2) is 5.78 Å². The number of rotatable bonds is 7. The van der Waals surface area contributed by atoms with E-state index in [0.717, 1.165) is 0 Å². The molecule has 106 valence electrons. The standard InChI is InChI=1S/C13H13NO6/c1-9(15)7-13(17)20-6-5-12(16)10-3-2-4-11(8-10)14(18)19/h2-4,8H,5-7H2,1H3. The predicted molar refractivity (Wildman–Crippen MR) is 68.3 cm³/mol. The monoisotopic (exact) mass is 279 g/mol. The number of nitro benzene ring substituents is 1. The average Bonchev–Trinajstić information content (AvgIpc) is 2.37. The molecule has 0 aliphatic heterocycles. The van der Waals surface area contributed by atoms with Gasteiger partial charge in [-0.15, -0.1) is 0 Å². The van der Waals surface area contributed by atoms with E-state index in [1.807, 2.05) is 0 Å². The first-order valence-corrected chi connectivity index (χ1v) is 5.83. The number of ether oxygens (including phenoxy) is 1. The van der Waals surface area contributed by atoms with Gasteiger partial charge in [0.05, 0.1) is 11.5 Å². The zero-order valence-electron chi connectivity index (χ0n) is 10.8. The van der Waals surface area contributed by atoms with Crippen molar-refractivity contribution in [2.45, 2.75) is 19.8 Å². The Bertz CT molecular complexity index is 552. The van der Waals surface area contributed by atoms with Crippen LogP contribution in [0.1, 0.15) is 30.1 Å². The minimum atomic E-state index is -0.690. The summed E-state index contributed by atoms with van der Waals surface area (Å²) >= 11 is 0. The zero-order valence-corrected chi connectivity index (χ0v) is 10.8. The highest BCUT2D eigenvalue weighted by molar-refractivity contribution is 5.97. The van der Waals surface area contributed by atoms with Crippen LogP contribution in [-0.4, -0.2) is 29.1 Å². The largest absolute Gasteiger partial charge is 0.465 e. The van der Waals surface area contributed by atoms with E-state index in [9.17, 15) is 24.5 Å². The Morgan fingerprint density at radius 2 is 2.00 bits per heavy atom. The molecule has 0 N–H and O–H groups in total. The van der Waals surface area contributed by atoms with Gasteiger partial charge in [0.2, 0.25) is 0 Å². The van der Waals surface area contributed by atoms with Crippen LogP contribution in [0.15, 0.2) is 24.3 Å². The summed E-state index contributed by atoms with van der Waals surface area (Å²) in [6, 6.07) is 5.31. The molecule has 7 heteroatoms. The molecule has 7 nitrogen and oxygen atoms in total. The molecule has 0 atom stereocenters. The maximum atomic E-state index is 11.7. The molecule has 0 spiro atoms. The number of hydrogen-bond acceptors (Lipinski definition) is 6. The van der Waals surface area contributed by atoms with Gasteiger partial charge in [0.25, 0.3) is 5.69 Å². The van der Waals surface area contributed by atoms with Crippen molar-refractivity contribution in [1.82, 2.24) is 0 Å². The van der Waals surface area contributed by atoms with E-state index in [1.165, 1.54) is 31.2 Å². The van der Waals surface area contributed by atoms with Gasteiger partial charge in [0, 0.05) is 24.1 Å². The van der Waals surface area contributed by atoms with Crippen LogP contribution < -0.4 is 0 Å². The Labute approximate surface area is 114 Å². The number of carbonyl (C=O) groups excluding carboxylic acids is 3. The molecule has 1 aromatic carbocycles. The van der Waals surface area contributed by atoms with Crippen LogP contribution in [0.3, 0.4) is 0 Å². The molecule has 0 fully saturated rings. The van der Waals surface area contributed by atoms with Crippen molar-refractivity contribution in [2.75, 3.05) is 6.61 Å². The van der Waals surface area contributed by atoms with Gasteiger partial charge in [-0.3, -0.25) is 24.5 Å². The van der Waals surface area contributed by atoms with Gasteiger partial charge in [-0.25, -0.2) is 0 Å².